The van der Waals surface area contributed by atoms with Crippen LogP contribution in [-0.2, 0) is 19.6 Å². The molecule has 2 rings (SSSR count). The van der Waals surface area contributed by atoms with Crippen LogP contribution in [-0.4, -0.2) is 26.9 Å². The molecule has 0 radical (unpaired) electrons. The van der Waals surface area contributed by atoms with Gasteiger partial charge >= 0.3 is 5.97 Å². The summed E-state index contributed by atoms with van der Waals surface area (Å²) in [4.78, 5) is 23.5. The SMILES string of the molecule is NS(=O)(=O)c1ccc(NC(=O)COC(=O)c2ccc(Cl)s2)cc1. The lowest BCUT2D eigenvalue weighted by molar-refractivity contribution is -0.119. The van der Waals surface area contributed by atoms with Crippen molar-refractivity contribution in [2.24, 2.45) is 5.14 Å². The fraction of sp³-hybridized carbons (Fsp3) is 0.0769. The van der Waals surface area contributed by atoms with Crippen molar-refractivity contribution in [2.45, 2.75) is 4.90 Å². The molecule has 0 bridgehead atoms. The Bertz CT molecular complexity index is 830. The van der Waals surface area contributed by atoms with E-state index in [0.29, 0.717) is 14.9 Å². The maximum absolute atomic E-state index is 11.7. The number of amides is 1. The average Bonchev–Trinajstić information content (AvgIpc) is 2.91. The Morgan fingerprint density at radius 1 is 1.17 bits per heavy atom. The number of ether oxygens (including phenoxy) is 1. The Hall–Kier alpha value is -1.94. The van der Waals surface area contributed by atoms with Crippen LogP contribution in [0.3, 0.4) is 0 Å². The number of thiophene rings is 1. The lowest BCUT2D eigenvalue weighted by Crippen LogP contribution is -2.20. The van der Waals surface area contributed by atoms with Gasteiger partial charge in [-0.2, -0.15) is 0 Å². The van der Waals surface area contributed by atoms with Gasteiger partial charge in [-0.3, -0.25) is 4.79 Å². The molecule has 1 aromatic heterocycles. The van der Waals surface area contributed by atoms with Crippen molar-refractivity contribution in [3.8, 4) is 0 Å². The number of carbonyl (C=O) groups excluding carboxylic acids is 2. The van der Waals surface area contributed by atoms with E-state index >= 15 is 0 Å². The third-order valence-corrected chi connectivity index (χ3v) is 4.72. The molecule has 0 fully saturated rings. The highest BCUT2D eigenvalue weighted by molar-refractivity contribution is 7.89. The molecule has 0 saturated heterocycles. The van der Waals surface area contributed by atoms with E-state index in [9.17, 15) is 18.0 Å². The predicted octanol–water partition coefficient (Wildman–Crippen LogP) is 1.84. The monoisotopic (exact) mass is 374 g/mol. The van der Waals surface area contributed by atoms with Gasteiger partial charge in [0.2, 0.25) is 10.0 Å². The molecule has 2 aromatic rings. The van der Waals surface area contributed by atoms with Gasteiger partial charge in [0.05, 0.1) is 9.23 Å². The zero-order chi connectivity index (χ0) is 17.0. The number of nitrogens with two attached hydrogens (primary N) is 1. The van der Waals surface area contributed by atoms with Gasteiger partial charge in [0, 0.05) is 5.69 Å². The van der Waals surface area contributed by atoms with Gasteiger partial charge in [0.15, 0.2) is 6.61 Å². The highest BCUT2D eigenvalue weighted by Gasteiger charge is 2.13. The lowest BCUT2D eigenvalue weighted by Gasteiger charge is -2.06. The molecule has 0 aliphatic rings. The molecule has 7 nitrogen and oxygen atoms in total. The van der Waals surface area contributed by atoms with Crippen molar-refractivity contribution in [1.82, 2.24) is 0 Å². The van der Waals surface area contributed by atoms with Crippen LogP contribution in [0.5, 0.6) is 0 Å². The molecule has 23 heavy (non-hydrogen) atoms. The van der Waals surface area contributed by atoms with E-state index in [4.69, 9.17) is 21.5 Å². The van der Waals surface area contributed by atoms with Crippen LogP contribution in [0, 0.1) is 0 Å². The van der Waals surface area contributed by atoms with Gasteiger partial charge in [-0.05, 0) is 36.4 Å². The number of rotatable bonds is 5. The van der Waals surface area contributed by atoms with Crippen LogP contribution in [0.1, 0.15) is 9.67 Å². The lowest BCUT2D eigenvalue weighted by atomic mass is 10.3. The Kier molecular flexibility index (Phi) is 5.37. The number of esters is 1. The second kappa shape index (κ2) is 7.09. The summed E-state index contributed by atoms with van der Waals surface area (Å²) in [5, 5.41) is 7.42. The molecule has 0 saturated carbocycles. The van der Waals surface area contributed by atoms with Crippen LogP contribution in [0.2, 0.25) is 4.34 Å². The molecule has 1 amide bonds. The summed E-state index contributed by atoms with van der Waals surface area (Å²) in [5.74, 6) is -1.22. The number of nitrogens with one attached hydrogen (secondary N) is 1. The molecule has 10 heteroatoms. The number of hydrogen-bond acceptors (Lipinski definition) is 6. The summed E-state index contributed by atoms with van der Waals surface area (Å²) in [6.07, 6.45) is 0. The number of sulfonamides is 1. The summed E-state index contributed by atoms with van der Waals surface area (Å²) in [5.41, 5.74) is 0.345. The third-order valence-electron chi connectivity index (χ3n) is 2.58. The largest absolute Gasteiger partial charge is 0.451 e. The molecule has 0 unspecified atom stereocenters. The van der Waals surface area contributed by atoms with Crippen molar-refractivity contribution in [1.29, 1.82) is 0 Å². The van der Waals surface area contributed by atoms with Crippen molar-refractivity contribution in [2.75, 3.05) is 11.9 Å². The van der Waals surface area contributed by atoms with E-state index in [1.165, 1.54) is 30.3 Å². The molecular weight excluding hydrogens is 364 g/mol. The van der Waals surface area contributed by atoms with Crippen molar-refractivity contribution in [3.05, 3.63) is 45.6 Å². The van der Waals surface area contributed by atoms with Gasteiger partial charge in [-0.15, -0.1) is 11.3 Å². The molecule has 0 spiro atoms. The Morgan fingerprint density at radius 3 is 2.35 bits per heavy atom. The first-order valence-corrected chi connectivity index (χ1v) is 8.85. The summed E-state index contributed by atoms with van der Waals surface area (Å²) in [7, 11) is -3.79. The number of halogens is 1. The molecular formula is C13H11ClN2O5S2. The zero-order valence-corrected chi connectivity index (χ0v) is 13.9. The van der Waals surface area contributed by atoms with Gasteiger partial charge in [-0.1, -0.05) is 11.6 Å². The normalized spacial score (nSPS) is 11.0. The minimum absolute atomic E-state index is 0.0727. The molecule has 0 aliphatic heterocycles. The highest BCUT2D eigenvalue weighted by atomic mass is 35.5. The maximum atomic E-state index is 11.7. The highest BCUT2D eigenvalue weighted by Crippen LogP contribution is 2.22. The van der Waals surface area contributed by atoms with Crippen LogP contribution in [0.4, 0.5) is 5.69 Å². The number of benzene rings is 1. The van der Waals surface area contributed by atoms with E-state index in [2.05, 4.69) is 5.32 Å². The van der Waals surface area contributed by atoms with Crippen LogP contribution < -0.4 is 10.5 Å². The van der Waals surface area contributed by atoms with E-state index in [-0.39, 0.29) is 4.90 Å². The molecule has 122 valence electrons. The van der Waals surface area contributed by atoms with Gasteiger partial charge in [0.1, 0.15) is 4.88 Å². The smallest absolute Gasteiger partial charge is 0.348 e. The minimum Gasteiger partial charge on any atom is -0.451 e. The Morgan fingerprint density at radius 2 is 1.83 bits per heavy atom. The van der Waals surface area contributed by atoms with E-state index in [1.54, 1.807) is 6.07 Å². The summed E-state index contributed by atoms with van der Waals surface area (Å²) >= 11 is 6.74. The predicted molar refractivity (Wildman–Crippen MR) is 86.1 cm³/mol. The first kappa shape index (κ1) is 17.4. The van der Waals surface area contributed by atoms with E-state index in [0.717, 1.165) is 11.3 Å². The Balaban J connectivity index is 1.88. The summed E-state index contributed by atoms with van der Waals surface area (Å²) in [6, 6.07) is 8.31. The fourth-order valence-corrected chi connectivity index (χ4v) is 3.00. The molecule has 1 aromatic carbocycles. The second-order valence-electron chi connectivity index (χ2n) is 4.30. The molecule has 1 heterocycles. The summed E-state index contributed by atoms with van der Waals surface area (Å²) < 4.78 is 27.5. The molecule has 0 aliphatic carbocycles. The van der Waals surface area contributed by atoms with E-state index < -0.39 is 28.5 Å². The number of carbonyl (C=O) groups is 2. The van der Waals surface area contributed by atoms with Gasteiger partial charge in [0.25, 0.3) is 5.91 Å². The quantitative estimate of drug-likeness (QED) is 0.775. The standard InChI is InChI=1S/C13H11ClN2O5S2/c14-11-6-5-10(22-11)13(18)21-7-12(17)16-8-1-3-9(4-2-8)23(15,19)20/h1-6H,7H2,(H,16,17)(H2,15,19,20). The topological polar surface area (TPSA) is 116 Å². The van der Waals surface area contributed by atoms with Gasteiger partial charge < -0.3 is 10.1 Å². The third kappa shape index (κ3) is 5.03. The second-order valence-corrected chi connectivity index (χ2v) is 7.57. The van der Waals surface area contributed by atoms with Crippen LogP contribution in [0.15, 0.2) is 41.3 Å². The fourth-order valence-electron chi connectivity index (χ4n) is 1.55. The maximum Gasteiger partial charge on any atom is 0.348 e. The minimum atomic E-state index is -3.79. The van der Waals surface area contributed by atoms with Gasteiger partial charge in [-0.25, -0.2) is 18.4 Å². The first-order chi connectivity index (χ1) is 10.8. The molecule has 3 N–H and O–H groups in total. The number of anilines is 1. The first-order valence-electron chi connectivity index (χ1n) is 6.11. The Labute approximate surface area is 141 Å². The summed E-state index contributed by atoms with van der Waals surface area (Å²) in [6.45, 7) is -0.481. The average molecular weight is 375 g/mol. The zero-order valence-electron chi connectivity index (χ0n) is 11.5. The van der Waals surface area contributed by atoms with Crippen LogP contribution in [0.25, 0.3) is 0 Å². The molecule has 0 atom stereocenters. The number of hydrogen-bond donors (Lipinski definition) is 2. The van der Waals surface area contributed by atoms with Crippen LogP contribution >= 0.6 is 22.9 Å². The van der Waals surface area contributed by atoms with Crippen molar-refractivity contribution >= 4 is 50.5 Å². The van der Waals surface area contributed by atoms with Crippen molar-refractivity contribution < 1.29 is 22.7 Å². The number of primary sulfonamides is 1. The van der Waals surface area contributed by atoms with E-state index in [1.807, 2.05) is 0 Å². The van der Waals surface area contributed by atoms with Crippen molar-refractivity contribution in [3.63, 3.8) is 0 Å².